The van der Waals surface area contributed by atoms with Gasteiger partial charge >= 0.3 is 11.9 Å². The highest BCUT2D eigenvalue weighted by molar-refractivity contribution is 5.93. The lowest BCUT2D eigenvalue weighted by Crippen LogP contribution is -2.37. The highest BCUT2D eigenvalue weighted by Gasteiger charge is 2.18. The Balaban J connectivity index is 2.77. The Morgan fingerprint density at radius 3 is 2.40 bits per heavy atom. The molecule has 0 aliphatic carbocycles. The molecule has 0 unspecified atom stereocenters. The van der Waals surface area contributed by atoms with E-state index in [1.165, 1.54) is 26.0 Å². The first kappa shape index (κ1) is 15.8. The molecule has 0 bridgehead atoms. The number of ether oxygens (including phenoxy) is 2. The van der Waals surface area contributed by atoms with Crippen molar-refractivity contribution in [2.45, 2.75) is 19.9 Å². The Bertz CT molecular complexity index is 512. The number of Topliss-reactive ketones (excluding diaryl/α,β-unsaturated/α-hetero) is 1. The van der Waals surface area contributed by atoms with Crippen molar-refractivity contribution in [3.63, 3.8) is 0 Å². The molecule has 1 rings (SSSR count). The summed E-state index contributed by atoms with van der Waals surface area (Å²) < 4.78 is 9.98. The predicted molar refractivity (Wildman–Crippen MR) is 71.6 cm³/mol. The van der Waals surface area contributed by atoms with Crippen molar-refractivity contribution < 1.29 is 23.9 Å². The highest BCUT2D eigenvalue weighted by atomic mass is 16.5. The number of carbonyl (C=O) groups is 3. The van der Waals surface area contributed by atoms with Crippen molar-refractivity contribution in [2.75, 3.05) is 13.7 Å². The SMILES string of the molecule is CN[C@@H](COC(=O)c1ccccc1OC(C)=O)C(C)=O. The number of esters is 2. The van der Waals surface area contributed by atoms with Crippen LogP contribution < -0.4 is 10.1 Å². The number of hydrogen-bond donors (Lipinski definition) is 1. The van der Waals surface area contributed by atoms with Crippen LogP contribution in [0.4, 0.5) is 0 Å². The summed E-state index contributed by atoms with van der Waals surface area (Å²) >= 11 is 0. The van der Waals surface area contributed by atoms with E-state index in [1.54, 1.807) is 19.2 Å². The van der Waals surface area contributed by atoms with Crippen molar-refractivity contribution >= 4 is 17.7 Å². The van der Waals surface area contributed by atoms with Crippen LogP contribution in [0.5, 0.6) is 5.75 Å². The van der Waals surface area contributed by atoms with Crippen molar-refractivity contribution in [3.8, 4) is 5.75 Å². The molecule has 108 valence electrons. The fourth-order valence-electron chi connectivity index (χ4n) is 1.52. The molecule has 0 aromatic heterocycles. The zero-order chi connectivity index (χ0) is 15.1. The molecular formula is C14H17NO5. The van der Waals surface area contributed by atoms with Crippen molar-refractivity contribution in [1.82, 2.24) is 5.32 Å². The third-order valence-electron chi connectivity index (χ3n) is 2.58. The van der Waals surface area contributed by atoms with Gasteiger partial charge in [0.2, 0.25) is 0 Å². The number of para-hydroxylation sites is 1. The second-order valence-corrected chi connectivity index (χ2v) is 4.14. The van der Waals surface area contributed by atoms with E-state index in [2.05, 4.69) is 5.32 Å². The van der Waals surface area contributed by atoms with Gasteiger partial charge in [-0.3, -0.25) is 9.59 Å². The Morgan fingerprint density at radius 1 is 1.20 bits per heavy atom. The van der Waals surface area contributed by atoms with E-state index in [0.717, 1.165) is 0 Å². The summed E-state index contributed by atoms with van der Waals surface area (Å²) in [6.07, 6.45) is 0. The van der Waals surface area contributed by atoms with Crippen LogP contribution in [-0.4, -0.2) is 37.4 Å². The lowest BCUT2D eigenvalue weighted by Gasteiger charge is -2.14. The van der Waals surface area contributed by atoms with Gasteiger partial charge in [-0.25, -0.2) is 4.79 Å². The minimum atomic E-state index is -0.650. The number of benzene rings is 1. The monoisotopic (exact) mass is 279 g/mol. The lowest BCUT2D eigenvalue weighted by molar-refractivity contribution is -0.131. The summed E-state index contributed by atoms with van der Waals surface area (Å²) in [6.45, 7) is 2.57. The fourth-order valence-corrected chi connectivity index (χ4v) is 1.52. The van der Waals surface area contributed by atoms with Crippen LogP contribution in [0.25, 0.3) is 0 Å². The van der Waals surface area contributed by atoms with Crippen LogP contribution in [0.1, 0.15) is 24.2 Å². The number of rotatable bonds is 6. The van der Waals surface area contributed by atoms with Gasteiger partial charge in [0.05, 0.1) is 0 Å². The molecule has 0 aliphatic rings. The fraction of sp³-hybridized carbons (Fsp3) is 0.357. The van der Waals surface area contributed by atoms with Crippen LogP contribution >= 0.6 is 0 Å². The number of hydrogen-bond acceptors (Lipinski definition) is 6. The van der Waals surface area contributed by atoms with E-state index >= 15 is 0 Å². The summed E-state index contributed by atoms with van der Waals surface area (Å²) in [5.41, 5.74) is 0.140. The highest BCUT2D eigenvalue weighted by Crippen LogP contribution is 2.19. The Kier molecular flexibility index (Phi) is 5.86. The van der Waals surface area contributed by atoms with E-state index in [0.29, 0.717) is 0 Å². The molecule has 1 N–H and O–H groups in total. The molecule has 6 heteroatoms. The van der Waals surface area contributed by atoms with Crippen molar-refractivity contribution in [3.05, 3.63) is 29.8 Å². The van der Waals surface area contributed by atoms with E-state index in [1.807, 2.05) is 0 Å². The molecule has 0 saturated carbocycles. The largest absolute Gasteiger partial charge is 0.460 e. The number of likely N-dealkylation sites (N-methyl/N-ethyl adjacent to an activating group) is 1. The van der Waals surface area contributed by atoms with Gasteiger partial charge in [-0.05, 0) is 26.1 Å². The summed E-state index contributed by atoms with van der Waals surface area (Å²) in [4.78, 5) is 34.1. The van der Waals surface area contributed by atoms with Crippen LogP contribution in [0, 0.1) is 0 Å². The van der Waals surface area contributed by atoms with Gasteiger partial charge in [0.25, 0.3) is 0 Å². The number of ketones is 1. The normalized spacial score (nSPS) is 11.6. The van der Waals surface area contributed by atoms with E-state index in [9.17, 15) is 14.4 Å². The Morgan fingerprint density at radius 2 is 1.85 bits per heavy atom. The summed E-state index contributed by atoms with van der Waals surface area (Å²) in [5.74, 6) is -1.17. The average Bonchev–Trinajstić information content (AvgIpc) is 2.38. The molecule has 0 radical (unpaired) electrons. The summed E-state index contributed by atoms with van der Waals surface area (Å²) in [6, 6.07) is 5.70. The van der Waals surface area contributed by atoms with Gasteiger partial charge in [0, 0.05) is 6.92 Å². The predicted octanol–water partition coefficient (Wildman–Crippen LogP) is 0.946. The molecule has 20 heavy (non-hydrogen) atoms. The number of carbonyl (C=O) groups excluding carboxylic acids is 3. The van der Waals surface area contributed by atoms with Gasteiger partial charge in [-0.15, -0.1) is 0 Å². The van der Waals surface area contributed by atoms with E-state index in [4.69, 9.17) is 9.47 Å². The summed E-state index contributed by atoms with van der Waals surface area (Å²) in [5, 5.41) is 2.74. The third-order valence-corrected chi connectivity index (χ3v) is 2.58. The van der Waals surface area contributed by atoms with Crippen LogP contribution in [0.15, 0.2) is 24.3 Å². The minimum Gasteiger partial charge on any atom is -0.460 e. The van der Waals surface area contributed by atoms with Gasteiger partial charge in [0.15, 0.2) is 0 Å². The third kappa shape index (κ3) is 4.47. The van der Waals surface area contributed by atoms with Gasteiger partial charge < -0.3 is 14.8 Å². The van der Waals surface area contributed by atoms with Crippen LogP contribution in [0.3, 0.4) is 0 Å². The smallest absolute Gasteiger partial charge is 0.342 e. The van der Waals surface area contributed by atoms with E-state index < -0.39 is 18.0 Å². The maximum atomic E-state index is 11.9. The first-order chi connectivity index (χ1) is 9.45. The molecular weight excluding hydrogens is 262 g/mol. The average molecular weight is 279 g/mol. The maximum absolute atomic E-state index is 11.9. The zero-order valence-electron chi connectivity index (χ0n) is 11.6. The maximum Gasteiger partial charge on any atom is 0.342 e. The van der Waals surface area contributed by atoms with Gasteiger partial charge in [0.1, 0.15) is 29.7 Å². The molecule has 1 aromatic carbocycles. The Hall–Kier alpha value is -2.21. The first-order valence-corrected chi connectivity index (χ1v) is 6.08. The quantitative estimate of drug-likeness (QED) is 0.616. The number of nitrogens with one attached hydrogen (secondary N) is 1. The molecule has 1 atom stereocenters. The van der Waals surface area contributed by atoms with Gasteiger partial charge in [-0.2, -0.15) is 0 Å². The molecule has 0 saturated heterocycles. The molecule has 0 amide bonds. The summed E-state index contributed by atoms with van der Waals surface area (Å²) in [7, 11) is 1.60. The first-order valence-electron chi connectivity index (χ1n) is 6.08. The molecule has 6 nitrogen and oxygen atoms in total. The second-order valence-electron chi connectivity index (χ2n) is 4.14. The molecule has 0 heterocycles. The minimum absolute atomic E-state index is 0.0843. The van der Waals surface area contributed by atoms with E-state index in [-0.39, 0.29) is 23.7 Å². The second kappa shape index (κ2) is 7.40. The van der Waals surface area contributed by atoms with Crippen LogP contribution in [-0.2, 0) is 14.3 Å². The topological polar surface area (TPSA) is 81.7 Å². The molecule has 0 fully saturated rings. The molecule has 0 aliphatic heterocycles. The Labute approximate surface area is 117 Å². The molecule has 0 spiro atoms. The lowest BCUT2D eigenvalue weighted by atomic mass is 10.2. The molecule has 1 aromatic rings. The van der Waals surface area contributed by atoms with Crippen molar-refractivity contribution in [2.24, 2.45) is 0 Å². The van der Waals surface area contributed by atoms with Crippen LogP contribution in [0.2, 0.25) is 0 Å². The zero-order valence-corrected chi connectivity index (χ0v) is 11.6. The van der Waals surface area contributed by atoms with Gasteiger partial charge in [-0.1, -0.05) is 12.1 Å². The standard InChI is InChI=1S/C14H17NO5/c1-9(16)12(15-3)8-19-14(18)11-6-4-5-7-13(11)20-10(2)17/h4-7,12,15H,8H2,1-3H3/t12-/m0/s1. The van der Waals surface area contributed by atoms with Crippen molar-refractivity contribution in [1.29, 1.82) is 0 Å².